The Hall–Kier alpha value is -1.75. The van der Waals surface area contributed by atoms with E-state index in [1.807, 2.05) is 7.05 Å². The van der Waals surface area contributed by atoms with Gasteiger partial charge in [-0.15, -0.1) is 0 Å². The molecule has 0 fully saturated rings. The van der Waals surface area contributed by atoms with E-state index in [1.165, 1.54) is 0 Å². The van der Waals surface area contributed by atoms with Crippen LogP contribution in [0, 0.1) is 0 Å². The minimum Gasteiger partial charge on any atom is -0.354 e. The highest BCUT2D eigenvalue weighted by Gasteiger charge is 2.10. The zero-order valence-electron chi connectivity index (χ0n) is 7.77. The maximum absolute atomic E-state index is 5.11. The summed E-state index contributed by atoms with van der Waals surface area (Å²) < 4.78 is 5.11. The van der Waals surface area contributed by atoms with Crippen molar-refractivity contribution >= 4 is 0 Å². The molecule has 0 saturated carbocycles. The van der Waals surface area contributed by atoms with Crippen LogP contribution in [0.25, 0.3) is 11.5 Å². The van der Waals surface area contributed by atoms with Crippen molar-refractivity contribution in [3.05, 3.63) is 30.4 Å². The smallest absolute Gasteiger partial charge is 0.191 e. The second kappa shape index (κ2) is 3.97. The molecule has 2 heterocycles. The fourth-order valence-electron chi connectivity index (χ4n) is 1.20. The number of rotatable bonds is 3. The summed E-state index contributed by atoms with van der Waals surface area (Å²) in [5.41, 5.74) is 1.68. The van der Waals surface area contributed by atoms with Gasteiger partial charge < -0.3 is 9.84 Å². The van der Waals surface area contributed by atoms with Crippen molar-refractivity contribution in [2.45, 2.75) is 6.54 Å². The van der Waals surface area contributed by atoms with Gasteiger partial charge in [0.2, 0.25) is 0 Å². The first kappa shape index (κ1) is 8.83. The normalized spacial score (nSPS) is 10.4. The fourth-order valence-corrected chi connectivity index (χ4v) is 1.20. The third-order valence-electron chi connectivity index (χ3n) is 1.81. The molecule has 0 atom stereocenters. The average Bonchev–Trinajstić information content (AvgIpc) is 2.68. The van der Waals surface area contributed by atoms with Crippen LogP contribution in [0.4, 0.5) is 0 Å². The lowest BCUT2D eigenvalue weighted by atomic mass is 10.2. The molecule has 5 heteroatoms. The van der Waals surface area contributed by atoms with Gasteiger partial charge in [0.25, 0.3) is 0 Å². The molecule has 5 nitrogen and oxygen atoms in total. The lowest BCUT2D eigenvalue weighted by Crippen LogP contribution is -2.05. The Morgan fingerprint density at radius 1 is 1.36 bits per heavy atom. The van der Waals surface area contributed by atoms with Crippen LogP contribution in [0.15, 0.2) is 29.3 Å². The summed E-state index contributed by atoms with van der Waals surface area (Å²) in [5.74, 6) is 0.674. The first-order valence-electron chi connectivity index (χ1n) is 4.26. The lowest BCUT2D eigenvalue weighted by molar-refractivity contribution is 0.430. The third-order valence-corrected chi connectivity index (χ3v) is 1.81. The SMILES string of the molecule is CNCc1cnoc1-c1cnccn1. The highest BCUT2D eigenvalue weighted by molar-refractivity contribution is 5.54. The van der Waals surface area contributed by atoms with Crippen LogP contribution < -0.4 is 5.32 Å². The zero-order chi connectivity index (χ0) is 9.80. The monoisotopic (exact) mass is 190 g/mol. The molecule has 0 aliphatic rings. The molecule has 2 rings (SSSR count). The van der Waals surface area contributed by atoms with Crippen LogP contribution >= 0.6 is 0 Å². The van der Waals surface area contributed by atoms with Crippen molar-refractivity contribution in [3.63, 3.8) is 0 Å². The van der Waals surface area contributed by atoms with Gasteiger partial charge in [0, 0.05) is 24.5 Å². The predicted octanol–water partition coefficient (Wildman–Crippen LogP) is 0.851. The summed E-state index contributed by atoms with van der Waals surface area (Å²) in [6.07, 6.45) is 6.58. The molecule has 14 heavy (non-hydrogen) atoms. The van der Waals surface area contributed by atoms with Crippen LogP contribution in [0.5, 0.6) is 0 Å². The van der Waals surface area contributed by atoms with Crippen LogP contribution in [0.1, 0.15) is 5.56 Å². The third kappa shape index (κ3) is 1.62. The molecule has 0 radical (unpaired) electrons. The zero-order valence-corrected chi connectivity index (χ0v) is 7.77. The average molecular weight is 190 g/mol. The predicted molar refractivity (Wildman–Crippen MR) is 50.3 cm³/mol. The van der Waals surface area contributed by atoms with Crippen molar-refractivity contribution in [2.24, 2.45) is 0 Å². The van der Waals surface area contributed by atoms with Crippen LogP contribution in [0.3, 0.4) is 0 Å². The van der Waals surface area contributed by atoms with E-state index in [4.69, 9.17) is 4.52 Å². The molecule has 0 aromatic carbocycles. The van der Waals surface area contributed by atoms with Gasteiger partial charge >= 0.3 is 0 Å². The Morgan fingerprint density at radius 2 is 2.29 bits per heavy atom. The van der Waals surface area contributed by atoms with Crippen LogP contribution in [-0.4, -0.2) is 22.2 Å². The quantitative estimate of drug-likeness (QED) is 0.777. The fraction of sp³-hybridized carbons (Fsp3) is 0.222. The summed E-state index contributed by atoms with van der Waals surface area (Å²) in [6.45, 7) is 0.704. The van der Waals surface area contributed by atoms with E-state index in [-0.39, 0.29) is 0 Å². The molecule has 72 valence electrons. The van der Waals surface area contributed by atoms with Gasteiger partial charge in [0.05, 0.1) is 12.4 Å². The van der Waals surface area contributed by atoms with Gasteiger partial charge in [0.1, 0.15) is 5.69 Å². The van der Waals surface area contributed by atoms with Gasteiger partial charge in [-0.3, -0.25) is 4.98 Å². The first-order valence-corrected chi connectivity index (χ1v) is 4.26. The van der Waals surface area contributed by atoms with Crippen molar-refractivity contribution in [2.75, 3.05) is 7.05 Å². The maximum Gasteiger partial charge on any atom is 0.191 e. The molecule has 0 bridgehead atoms. The number of hydrogen-bond acceptors (Lipinski definition) is 5. The van der Waals surface area contributed by atoms with E-state index in [9.17, 15) is 0 Å². The maximum atomic E-state index is 5.11. The summed E-state index contributed by atoms with van der Waals surface area (Å²) >= 11 is 0. The number of nitrogens with one attached hydrogen (secondary N) is 1. The molecule has 0 unspecified atom stereocenters. The van der Waals surface area contributed by atoms with Gasteiger partial charge in [-0.25, -0.2) is 4.98 Å². The van der Waals surface area contributed by atoms with Gasteiger partial charge in [0.15, 0.2) is 5.76 Å². The summed E-state index contributed by atoms with van der Waals surface area (Å²) in [6, 6.07) is 0. The Morgan fingerprint density at radius 3 is 3.00 bits per heavy atom. The molecule has 0 amide bonds. The van der Waals surface area contributed by atoms with Gasteiger partial charge in [-0.1, -0.05) is 5.16 Å². The van der Waals surface area contributed by atoms with E-state index >= 15 is 0 Å². The van der Waals surface area contributed by atoms with Crippen LogP contribution in [-0.2, 0) is 6.54 Å². The highest BCUT2D eigenvalue weighted by atomic mass is 16.5. The Labute approximate surface area is 81.2 Å². The Bertz CT molecular complexity index is 398. The lowest BCUT2D eigenvalue weighted by Gasteiger charge is -1.97. The first-order chi connectivity index (χ1) is 6.92. The number of nitrogens with zero attached hydrogens (tertiary/aromatic N) is 3. The van der Waals surface area contributed by atoms with E-state index in [0.717, 1.165) is 5.56 Å². The minimum atomic E-state index is 0.674. The molecule has 2 aromatic rings. The standard InChI is InChI=1S/C9H10N4O/c1-10-4-7-5-13-14-9(7)8-6-11-2-3-12-8/h2-3,5-6,10H,4H2,1H3. The summed E-state index contributed by atoms with van der Waals surface area (Å²) in [5, 5.41) is 6.77. The molecule has 0 aliphatic carbocycles. The Balaban J connectivity index is 2.37. The van der Waals surface area contributed by atoms with E-state index < -0.39 is 0 Å². The van der Waals surface area contributed by atoms with E-state index in [0.29, 0.717) is 18.0 Å². The van der Waals surface area contributed by atoms with E-state index in [1.54, 1.807) is 24.8 Å². The molecule has 0 aliphatic heterocycles. The van der Waals surface area contributed by atoms with Gasteiger partial charge in [-0.2, -0.15) is 0 Å². The Kier molecular flexibility index (Phi) is 2.51. The molecular formula is C9H10N4O. The number of aromatic nitrogens is 3. The van der Waals surface area contributed by atoms with Crippen molar-refractivity contribution in [1.29, 1.82) is 0 Å². The molecule has 0 spiro atoms. The van der Waals surface area contributed by atoms with Crippen molar-refractivity contribution in [3.8, 4) is 11.5 Å². The van der Waals surface area contributed by atoms with Gasteiger partial charge in [-0.05, 0) is 7.05 Å². The largest absolute Gasteiger partial charge is 0.354 e. The summed E-state index contributed by atoms with van der Waals surface area (Å²) in [4.78, 5) is 8.11. The topological polar surface area (TPSA) is 63.8 Å². The van der Waals surface area contributed by atoms with E-state index in [2.05, 4.69) is 20.4 Å². The second-order valence-electron chi connectivity index (χ2n) is 2.80. The minimum absolute atomic E-state index is 0.674. The highest BCUT2D eigenvalue weighted by Crippen LogP contribution is 2.19. The molecule has 1 N–H and O–H groups in total. The molecular weight excluding hydrogens is 180 g/mol. The van der Waals surface area contributed by atoms with Crippen LogP contribution in [0.2, 0.25) is 0 Å². The number of hydrogen-bond donors (Lipinski definition) is 1. The molecule has 0 saturated heterocycles. The van der Waals surface area contributed by atoms with Crippen molar-refractivity contribution < 1.29 is 4.52 Å². The van der Waals surface area contributed by atoms with Crippen molar-refractivity contribution in [1.82, 2.24) is 20.4 Å². The second-order valence-corrected chi connectivity index (χ2v) is 2.80. The molecule has 2 aromatic heterocycles. The summed E-state index contributed by atoms with van der Waals surface area (Å²) in [7, 11) is 1.87.